The Kier molecular flexibility index (Phi) is 4.86. The number of carbonyl (C=O) groups is 1. The Hall–Kier alpha value is -3.15. The van der Waals surface area contributed by atoms with Crippen LogP contribution in [0, 0.1) is 11.6 Å². The average molecular weight is 379 g/mol. The molecule has 1 aliphatic rings. The molecule has 142 valence electrons. The molecule has 0 radical (unpaired) electrons. The maximum atomic E-state index is 14.4. The summed E-state index contributed by atoms with van der Waals surface area (Å²) in [6.45, 7) is 0. The van der Waals surface area contributed by atoms with E-state index in [4.69, 9.17) is 0 Å². The molecule has 4 rings (SSSR count). The molecule has 1 N–H and O–H groups in total. The van der Waals surface area contributed by atoms with Gasteiger partial charge in [0.05, 0.1) is 11.1 Å². The number of anilines is 1. The Balaban J connectivity index is 1.59. The Morgan fingerprint density at radius 1 is 0.929 bits per heavy atom. The van der Waals surface area contributed by atoms with Crippen LogP contribution in [0.5, 0.6) is 0 Å². The first-order chi connectivity index (χ1) is 13.6. The summed E-state index contributed by atoms with van der Waals surface area (Å²) in [5.41, 5.74) is 0.836. The van der Waals surface area contributed by atoms with Gasteiger partial charge in [0, 0.05) is 17.2 Å². The largest absolute Gasteiger partial charge is 0.308 e. The van der Waals surface area contributed by atoms with Crippen molar-refractivity contribution in [2.75, 3.05) is 5.32 Å². The van der Waals surface area contributed by atoms with E-state index in [0.29, 0.717) is 24.4 Å². The highest BCUT2D eigenvalue weighted by molar-refractivity contribution is 5.98. The van der Waals surface area contributed by atoms with Crippen LogP contribution in [0.25, 0.3) is 11.3 Å². The normalized spacial score (nSPS) is 15.4. The van der Waals surface area contributed by atoms with E-state index >= 15 is 0 Å². The molecule has 4 nitrogen and oxygen atoms in total. The molecule has 1 heterocycles. The molecule has 28 heavy (non-hydrogen) atoms. The fourth-order valence-electron chi connectivity index (χ4n) is 3.87. The predicted molar refractivity (Wildman–Crippen MR) is 103 cm³/mol. The molecule has 1 saturated carbocycles. The zero-order valence-electron chi connectivity index (χ0n) is 15.2. The van der Waals surface area contributed by atoms with Crippen molar-refractivity contribution in [1.82, 2.24) is 10.2 Å². The second-order valence-corrected chi connectivity index (χ2v) is 7.04. The molecule has 0 atom stereocenters. The van der Waals surface area contributed by atoms with Crippen molar-refractivity contribution in [3.63, 3.8) is 0 Å². The van der Waals surface area contributed by atoms with Gasteiger partial charge in [-0.15, -0.1) is 10.2 Å². The van der Waals surface area contributed by atoms with Gasteiger partial charge in [-0.1, -0.05) is 49.2 Å². The SMILES string of the molecule is O=C(Nc1ccc(-c2ccccc2)nn1)C1(c2ccc(F)cc2F)CCCC1. The number of nitrogens with one attached hydrogen (secondary N) is 1. The lowest BCUT2D eigenvalue weighted by Gasteiger charge is -2.28. The van der Waals surface area contributed by atoms with E-state index in [0.717, 1.165) is 24.5 Å². The van der Waals surface area contributed by atoms with Crippen LogP contribution in [0.2, 0.25) is 0 Å². The topological polar surface area (TPSA) is 54.9 Å². The lowest BCUT2D eigenvalue weighted by atomic mass is 9.77. The third kappa shape index (κ3) is 3.38. The van der Waals surface area contributed by atoms with Crippen molar-refractivity contribution in [3.05, 3.63) is 77.9 Å². The summed E-state index contributed by atoms with van der Waals surface area (Å²) >= 11 is 0. The van der Waals surface area contributed by atoms with Crippen molar-refractivity contribution >= 4 is 11.7 Å². The van der Waals surface area contributed by atoms with Crippen molar-refractivity contribution in [2.24, 2.45) is 0 Å². The maximum absolute atomic E-state index is 14.4. The van der Waals surface area contributed by atoms with Gasteiger partial charge in [0.15, 0.2) is 5.82 Å². The highest BCUT2D eigenvalue weighted by Gasteiger charge is 2.44. The number of benzene rings is 2. The second-order valence-electron chi connectivity index (χ2n) is 7.04. The molecular weight excluding hydrogens is 360 g/mol. The van der Waals surface area contributed by atoms with Crippen molar-refractivity contribution < 1.29 is 13.6 Å². The molecule has 0 aliphatic heterocycles. The average Bonchev–Trinajstić information content (AvgIpc) is 3.20. The summed E-state index contributed by atoms with van der Waals surface area (Å²) in [4.78, 5) is 13.1. The molecule has 1 fully saturated rings. The Bertz CT molecular complexity index is 984. The van der Waals surface area contributed by atoms with Crippen LogP contribution in [-0.2, 0) is 10.2 Å². The second kappa shape index (κ2) is 7.46. The van der Waals surface area contributed by atoms with Crippen LogP contribution < -0.4 is 5.32 Å². The Morgan fingerprint density at radius 2 is 1.68 bits per heavy atom. The minimum Gasteiger partial charge on any atom is -0.308 e. The highest BCUT2D eigenvalue weighted by Crippen LogP contribution is 2.43. The summed E-state index contributed by atoms with van der Waals surface area (Å²) in [6, 6.07) is 16.4. The van der Waals surface area contributed by atoms with Crippen molar-refractivity contribution in [3.8, 4) is 11.3 Å². The molecule has 0 bridgehead atoms. The molecule has 0 unspecified atom stereocenters. The van der Waals surface area contributed by atoms with E-state index in [1.165, 1.54) is 12.1 Å². The number of amides is 1. The summed E-state index contributed by atoms with van der Waals surface area (Å²) in [5.74, 6) is -1.38. The molecule has 0 saturated heterocycles. The molecule has 2 aromatic carbocycles. The molecule has 6 heteroatoms. The van der Waals surface area contributed by atoms with E-state index in [1.54, 1.807) is 12.1 Å². The fraction of sp³-hybridized carbons (Fsp3) is 0.227. The van der Waals surface area contributed by atoms with Crippen molar-refractivity contribution in [2.45, 2.75) is 31.1 Å². The quantitative estimate of drug-likeness (QED) is 0.703. The van der Waals surface area contributed by atoms with Gasteiger partial charge in [-0.05, 0) is 31.0 Å². The number of nitrogens with zero attached hydrogens (tertiary/aromatic N) is 2. The van der Waals surface area contributed by atoms with Gasteiger partial charge in [0.1, 0.15) is 11.6 Å². The number of rotatable bonds is 4. The first kappa shape index (κ1) is 18.2. The molecular formula is C22H19F2N3O. The molecule has 1 aromatic heterocycles. The van der Waals surface area contributed by atoms with Crippen molar-refractivity contribution in [1.29, 1.82) is 0 Å². The van der Waals surface area contributed by atoms with Gasteiger partial charge < -0.3 is 5.32 Å². The molecule has 0 spiro atoms. The number of carbonyl (C=O) groups excluding carboxylic acids is 1. The van der Waals surface area contributed by atoms with Gasteiger partial charge in [0.25, 0.3) is 0 Å². The summed E-state index contributed by atoms with van der Waals surface area (Å²) in [6.07, 6.45) is 2.64. The third-order valence-corrected chi connectivity index (χ3v) is 5.31. The van der Waals surface area contributed by atoms with E-state index in [2.05, 4.69) is 15.5 Å². The van der Waals surface area contributed by atoms with Crippen LogP contribution in [0.15, 0.2) is 60.7 Å². The minimum atomic E-state index is -1.02. The zero-order valence-corrected chi connectivity index (χ0v) is 15.2. The molecule has 3 aromatic rings. The first-order valence-electron chi connectivity index (χ1n) is 9.25. The lowest BCUT2D eigenvalue weighted by molar-refractivity contribution is -0.121. The van der Waals surface area contributed by atoms with E-state index in [9.17, 15) is 13.6 Å². The summed E-state index contributed by atoms with van der Waals surface area (Å²) in [7, 11) is 0. The number of halogens is 2. The van der Waals surface area contributed by atoms with Crippen LogP contribution >= 0.6 is 0 Å². The summed E-state index contributed by atoms with van der Waals surface area (Å²) in [5, 5.41) is 11.0. The zero-order chi connectivity index (χ0) is 19.6. The first-order valence-corrected chi connectivity index (χ1v) is 9.25. The van der Waals surface area contributed by atoms with Crippen LogP contribution in [0.3, 0.4) is 0 Å². The highest BCUT2D eigenvalue weighted by atomic mass is 19.1. The van der Waals surface area contributed by atoms with E-state index in [1.807, 2.05) is 30.3 Å². The number of aromatic nitrogens is 2. The van der Waals surface area contributed by atoms with E-state index in [-0.39, 0.29) is 11.5 Å². The number of hydrogen-bond donors (Lipinski definition) is 1. The maximum Gasteiger partial charge on any atom is 0.236 e. The van der Waals surface area contributed by atoms with Crippen LogP contribution in [0.4, 0.5) is 14.6 Å². The van der Waals surface area contributed by atoms with Gasteiger partial charge in [-0.25, -0.2) is 8.78 Å². The third-order valence-electron chi connectivity index (χ3n) is 5.31. The van der Waals surface area contributed by atoms with Crippen LogP contribution in [-0.4, -0.2) is 16.1 Å². The molecule has 1 amide bonds. The molecule has 1 aliphatic carbocycles. The fourth-order valence-corrected chi connectivity index (χ4v) is 3.87. The van der Waals surface area contributed by atoms with Gasteiger partial charge in [-0.3, -0.25) is 4.79 Å². The predicted octanol–water partition coefficient (Wildman–Crippen LogP) is 4.87. The Morgan fingerprint density at radius 3 is 2.32 bits per heavy atom. The Labute approximate surface area is 161 Å². The van der Waals surface area contributed by atoms with Gasteiger partial charge in [-0.2, -0.15) is 0 Å². The van der Waals surface area contributed by atoms with Gasteiger partial charge in [0.2, 0.25) is 5.91 Å². The smallest absolute Gasteiger partial charge is 0.236 e. The lowest BCUT2D eigenvalue weighted by Crippen LogP contribution is -2.39. The van der Waals surface area contributed by atoms with Crippen LogP contribution in [0.1, 0.15) is 31.2 Å². The monoisotopic (exact) mass is 379 g/mol. The number of hydrogen-bond acceptors (Lipinski definition) is 3. The standard InChI is InChI=1S/C22H19F2N3O/c23-16-8-9-17(18(24)14-16)22(12-4-5-13-22)21(28)25-20-11-10-19(26-27-20)15-6-2-1-3-7-15/h1-3,6-11,14H,4-5,12-13H2,(H,25,27,28). The summed E-state index contributed by atoms with van der Waals surface area (Å²) < 4.78 is 27.8. The van der Waals surface area contributed by atoms with Gasteiger partial charge >= 0.3 is 0 Å². The van der Waals surface area contributed by atoms with E-state index < -0.39 is 17.0 Å². The minimum absolute atomic E-state index is 0.234.